The van der Waals surface area contributed by atoms with Crippen molar-refractivity contribution < 1.29 is 13.9 Å². The summed E-state index contributed by atoms with van der Waals surface area (Å²) in [7, 11) is 0. The quantitative estimate of drug-likeness (QED) is 0.308. The van der Waals surface area contributed by atoms with E-state index in [1.807, 2.05) is 50.7 Å². The number of nitrogens with zero attached hydrogens (tertiary/aromatic N) is 3. The van der Waals surface area contributed by atoms with Crippen LogP contribution in [0.25, 0.3) is 22.2 Å². The fraction of sp³-hybridized carbons (Fsp3) is 0.429. The maximum atomic E-state index is 13.9. The van der Waals surface area contributed by atoms with Crippen LogP contribution in [0.5, 0.6) is 5.75 Å². The van der Waals surface area contributed by atoms with Gasteiger partial charge in [-0.1, -0.05) is 11.6 Å². The lowest BCUT2D eigenvalue weighted by Crippen LogP contribution is -2.36. The largest absolute Gasteiger partial charge is 0.494 e. The van der Waals surface area contributed by atoms with Crippen LogP contribution in [0.2, 0.25) is 5.02 Å². The van der Waals surface area contributed by atoms with Crippen molar-refractivity contribution in [3.63, 3.8) is 0 Å². The highest BCUT2D eigenvalue weighted by molar-refractivity contribution is 7.99. The molecule has 0 N–H and O–H groups in total. The number of carbonyl (C=O) groups is 1. The van der Waals surface area contributed by atoms with Crippen LogP contribution in [0.4, 0.5) is 10.1 Å². The molecule has 2 heterocycles. The summed E-state index contributed by atoms with van der Waals surface area (Å²) in [5, 5.41) is 0.934. The average molecular weight is 530 g/mol. The molecule has 36 heavy (non-hydrogen) atoms. The Morgan fingerprint density at radius 3 is 2.64 bits per heavy atom. The molecule has 1 fully saturated rings. The lowest BCUT2D eigenvalue weighted by Gasteiger charge is -2.30. The molecule has 1 amide bonds. The van der Waals surface area contributed by atoms with Gasteiger partial charge in [0.25, 0.3) is 0 Å². The van der Waals surface area contributed by atoms with Crippen molar-refractivity contribution in [2.24, 2.45) is 0 Å². The van der Waals surface area contributed by atoms with Crippen molar-refractivity contribution in [1.29, 1.82) is 0 Å². The molecule has 4 rings (SSSR count). The standard InChI is InChI=1S/C28H33ClFN3O2S/c1-18(2)33(20(4)34)28-19(3)23-17-22(35-13-5-10-32-11-14-36-15-12-32)7-9-26(23)31-27(28)21-6-8-25(30)24(29)16-21/h6-9,16-18H,5,10-15H2,1-4H3. The van der Waals surface area contributed by atoms with Crippen LogP contribution in [-0.2, 0) is 4.79 Å². The average Bonchev–Trinajstić information content (AvgIpc) is 2.85. The van der Waals surface area contributed by atoms with Crippen LogP contribution in [-0.4, -0.2) is 59.6 Å². The van der Waals surface area contributed by atoms with E-state index in [9.17, 15) is 9.18 Å². The van der Waals surface area contributed by atoms with E-state index in [1.54, 1.807) is 24.0 Å². The Kier molecular flexibility index (Phi) is 8.75. The number of ether oxygens (including phenoxy) is 1. The number of rotatable bonds is 8. The maximum absolute atomic E-state index is 13.9. The van der Waals surface area contributed by atoms with Gasteiger partial charge in [0, 0.05) is 55.1 Å². The van der Waals surface area contributed by atoms with Crippen LogP contribution in [0.3, 0.4) is 0 Å². The maximum Gasteiger partial charge on any atom is 0.224 e. The van der Waals surface area contributed by atoms with Gasteiger partial charge in [0.1, 0.15) is 11.6 Å². The number of hydrogen-bond acceptors (Lipinski definition) is 5. The van der Waals surface area contributed by atoms with Crippen LogP contribution in [0, 0.1) is 12.7 Å². The summed E-state index contributed by atoms with van der Waals surface area (Å²) in [6.07, 6.45) is 0.973. The molecule has 0 unspecified atom stereocenters. The topological polar surface area (TPSA) is 45.7 Å². The first-order chi connectivity index (χ1) is 17.3. The van der Waals surface area contributed by atoms with Gasteiger partial charge in [-0.05, 0) is 69.2 Å². The van der Waals surface area contributed by atoms with Crippen molar-refractivity contribution in [3.8, 4) is 17.0 Å². The molecule has 0 saturated carbocycles. The summed E-state index contributed by atoms with van der Waals surface area (Å²) < 4.78 is 20.0. The van der Waals surface area contributed by atoms with E-state index in [4.69, 9.17) is 21.3 Å². The zero-order chi connectivity index (χ0) is 25.8. The molecule has 2 aromatic carbocycles. The van der Waals surface area contributed by atoms with Gasteiger partial charge in [0.15, 0.2) is 0 Å². The predicted octanol–water partition coefficient (Wildman–Crippen LogP) is 6.58. The van der Waals surface area contributed by atoms with E-state index in [0.717, 1.165) is 48.3 Å². The SMILES string of the molecule is CC(=O)N(c1c(-c2ccc(F)c(Cl)c2)nc2ccc(OCCCN3CCSCC3)cc2c1C)C(C)C. The molecule has 3 aromatic rings. The molecule has 0 atom stereocenters. The third kappa shape index (κ3) is 5.96. The van der Waals surface area contributed by atoms with Gasteiger partial charge in [-0.15, -0.1) is 0 Å². The molecular formula is C28H33ClFN3O2S. The van der Waals surface area contributed by atoms with Crippen molar-refractivity contribution >= 4 is 45.9 Å². The Balaban J connectivity index is 1.69. The molecule has 0 aliphatic carbocycles. The molecule has 0 bridgehead atoms. The predicted molar refractivity (Wildman–Crippen MR) is 149 cm³/mol. The summed E-state index contributed by atoms with van der Waals surface area (Å²) in [6.45, 7) is 11.5. The highest BCUT2D eigenvalue weighted by atomic mass is 35.5. The first-order valence-corrected chi connectivity index (χ1v) is 13.9. The Hall–Kier alpha value is -2.35. The minimum atomic E-state index is -0.493. The van der Waals surface area contributed by atoms with Gasteiger partial charge in [-0.25, -0.2) is 9.37 Å². The Morgan fingerprint density at radius 2 is 1.97 bits per heavy atom. The highest BCUT2D eigenvalue weighted by Gasteiger charge is 2.25. The summed E-state index contributed by atoms with van der Waals surface area (Å²) in [4.78, 5) is 21.9. The van der Waals surface area contributed by atoms with E-state index in [1.165, 1.54) is 17.6 Å². The number of anilines is 1. The van der Waals surface area contributed by atoms with E-state index >= 15 is 0 Å². The van der Waals surface area contributed by atoms with Gasteiger partial charge in [0.05, 0.1) is 28.5 Å². The molecule has 1 aliphatic rings. The molecule has 8 heteroatoms. The number of benzene rings is 2. The number of halogens is 2. The fourth-order valence-electron chi connectivity index (χ4n) is 4.70. The van der Waals surface area contributed by atoms with E-state index in [0.29, 0.717) is 23.6 Å². The number of fused-ring (bicyclic) bond motifs is 1. The Morgan fingerprint density at radius 1 is 1.22 bits per heavy atom. The molecule has 5 nitrogen and oxygen atoms in total. The third-order valence-electron chi connectivity index (χ3n) is 6.46. The number of pyridine rings is 1. The zero-order valence-corrected chi connectivity index (χ0v) is 22.9. The molecule has 1 aliphatic heterocycles. The molecule has 1 saturated heterocycles. The van der Waals surface area contributed by atoms with E-state index < -0.39 is 5.82 Å². The lowest BCUT2D eigenvalue weighted by molar-refractivity contribution is -0.116. The number of thioether (sulfide) groups is 1. The van der Waals surface area contributed by atoms with Crippen LogP contribution < -0.4 is 9.64 Å². The van der Waals surface area contributed by atoms with E-state index in [-0.39, 0.29) is 17.0 Å². The summed E-state index contributed by atoms with van der Waals surface area (Å²) in [5.41, 5.74) is 3.64. The summed E-state index contributed by atoms with van der Waals surface area (Å²) in [6, 6.07) is 10.3. The first kappa shape index (κ1) is 26.7. The minimum Gasteiger partial charge on any atom is -0.494 e. The first-order valence-electron chi connectivity index (χ1n) is 12.4. The van der Waals surface area contributed by atoms with Gasteiger partial charge >= 0.3 is 0 Å². The number of aromatic nitrogens is 1. The number of carbonyl (C=O) groups excluding carboxylic acids is 1. The molecular weight excluding hydrogens is 497 g/mol. The van der Waals surface area contributed by atoms with Crippen molar-refractivity contribution in [2.45, 2.75) is 40.2 Å². The number of aryl methyl sites for hydroxylation is 1. The summed E-state index contributed by atoms with van der Waals surface area (Å²) >= 11 is 8.12. The second-order valence-corrected chi connectivity index (χ2v) is 11.0. The molecule has 0 radical (unpaired) electrons. The Labute approximate surface area is 222 Å². The third-order valence-corrected chi connectivity index (χ3v) is 7.70. The minimum absolute atomic E-state index is 0.0176. The van der Waals surface area contributed by atoms with Crippen LogP contribution >= 0.6 is 23.4 Å². The molecule has 0 spiro atoms. The molecule has 192 valence electrons. The number of hydrogen-bond donors (Lipinski definition) is 0. The molecule has 1 aromatic heterocycles. The van der Waals surface area contributed by atoms with Crippen molar-refractivity contribution in [3.05, 3.63) is 52.8 Å². The van der Waals surface area contributed by atoms with Gasteiger partial charge in [-0.2, -0.15) is 11.8 Å². The monoisotopic (exact) mass is 529 g/mol. The Bertz CT molecular complexity index is 1250. The van der Waals surface area contributed by atoms with E-state index in [2.05, 4.69) is 4.90 Å². The van der Waals surface area contributed by atoms with Crippen molar-refractivity contribution in [1.82, 2.24) is 9.88 Å². The smallest absolute Gasteiger partial charge is 0.224 e. The second kappa shape index (κ2) is 11.8. The van der Waals surface area contributed by atoms with Crippen molar-refractivity contribution in [2.75, 3.05) is 42.6 Å². The lowest BCUT2D eigenvalue weighted by atomic mass is 10.00. The van der Waals surface area contributed by atoms with Gasteiger partial charge < -0.3 is 14.5 Å². The number of amides is 1. The zero-order valence-electron chi connectivity index (χ0n) is 21.3. The van der Waals surface area contributed by atoms with Crippen LogP contribution in [0.1, 0.15) is 32.8 Å². The van der Waals surface area contributed by atoms with Gasteiger partial charge in [-0.3, -0.25) is 4.79 Å². The highest BCUT2D eigenvalue weighted by Crippen LogP contribution is 2.39. The van der Waals surface area contributed by atoms with Gasteiger partial charge in [0.2, 0.25) is 5.91 Å². The van der Waals surface area contributed by atoms with Crippen LogP contribution in [0.15, 0.2) is 36.4 Å². The fourth-order valence-corrected chi connectivity index (χ4v) is 5.86. The summed E-state index contributed by atoms with van der Waals surface area (Å²) in [5.74, 6) is 2.61. The normalized spacial score (nSPS) is 14.4. The second-order valence-electron chi connectivity index (χ2n) is 9.38.